The highest BCUT2D eigenvalue weighted by Gasteiger charge is 2.24. The number of carbonyl (C=O) groups excluding carboxylic acids is 1. The van der Waals surface area contributed by atoms with Crippen molar-refractivity contribution >= 4 is 22.9 Å². The SMILES string of the molecule is O=C(NC(COc1ccc2[nH]c(=O)[nH]c2c1)C(=O)O)c1cccn(Cc2cc(F)c(F)c(F)c2)c1=O. The first-order valence-electron chi connectivity index (χ1n) is 10.3. The number of halogens is 3. The van der Waals surface area contributed by atoms with Crippen LogP contribution in [0.15, 0.2) is 58.3 Å². The number of carboxylic acid groups (broad SMARTS) is 1. The van der Waals surface area contributed by atoms with Crippen LogP contribution >= 0.6 is 0 Å². The molecule has 186 valence electrons. The largest absolute Gasteiger partial charge is 0.491 e. The number of hydrogen-bond acceptors (Lipinski definition) is 5. The first-order valence-corrected chi connectivity index (χ1v) is 10.3. The summed E-state index contributed by atoms with van der Waals surface area (Å²) in [7, 11) is 0. The van der Waals surface area contributed by atoms with E-state index in [0.29, 0.717) is 11.0 Å². The highest BCUT2D eigenvalue weighted by molar-refractivity contribution is 5.96. The number of amides is 1. The van der Waals surface area contributed by atoms with Crippen molar-refractivity contribution < 1.29 is 32.6 Å². The van der Waals surface area contributed by atoms with Gasteiger partial charge in [-0.2, -0.15) is 0 Å². The third kappa shape index (κ3) is 5.14. The molecule has 13 heteroatoms. The molecule has 4 N–H and O–H groups in total. The molecule has 0 saturated carbocycles. The van der Waals surface area contributed by atoms with E-state index in [1.165, 1.54) is 24.4 Å². The summed E-state index contributed by atoms with van der Waals surface area (Å²) in [6, 6.07) is 6.84. The van der Waals surface area contributed by atoms with Gasteiger partial charge in [-0.25, -0.2) is 22.8 Å². The second kappa shape index (κ2) is 9.82. The fraction of sp³-hybridized carbons (Fsp3) is 0.130. The Hall–Kier alpha value is -4.81. The summed E-state index contributed by atoms with van der Waals surface area (Å²) < 4.78 is 46.6. The maximum Gasteiger partial charge on any atom is 0.329 e. The number of nitrogens with zero attached hydrogens (tertiary/aromatic N) is 1. The molecule has 36 heavy (non-hydrogen) atoms. The van der Waals surface area contributed by atoms with Crippen LogP contribution in [0, 0.1) is 17.5 Å². The number of H-pyrrole nitrogens is 2. The summed E-state index contributed by atoms with van der Waals surface area (Å²) in [5, 5.41) is 11.7. The van der Waals surface area contributed by atoms with Crippen LogP contribution < -0.4 is 21.3 Å². The van der Waals surface area contributed by atoms with Crippen LogP contribution in [-0.2, 0) is 11.3 Å². The maximum absolute atomic E-state index is 13.5. The van der Waals surface area contributed by atoms with Gasteiger partial charge < -0.3 is 29.7 Å². The van der Waals surface area contributed by atoms with E-state index in [2.05, 4.69) is 15.3 Å². The molecule has 0 spiro atoms. The molecule has 2 aromatic carbocycles. The highest BCUT2D eigenvalue weighted by Crippen LogP contribution is 2.17. The van der Waals surface area contributed by atoms with E-state index in [1.807, 2.05) is 0 Å². The Bertz CT molecular complexity index is 1570. The average Bonchev–Trinajstić information content (AvgIpc) is 3.20. The maximum atomic E-state index is 13.5. The minimum Gasteiger partial charge on any atom is -0.491 e. The first kappa shape index (κ1) is 24.3. The number of aromatic nitrogens is 3. The lowest BCUT2D eigenvalue weighted by Crippen LogP contribution is -2.46. The zero-order valence-electron chi connectivity index (χ0n) is 18.2. The third-order valence-corrected chi connectivity index (χ3v) is 5.17. The molecule has 2 aromatic heterocycles. The van der Waals surface area contributed by atoms with E-state index in [1.54, 1.807) is 6.07 Å². The van der Waals surface area contributed by atoms with E-state index in [-0.39, 0.29) is 17.9 Å². The van der Waals surface area contributed by atoms with Crippen molar-refractivity contribution in [2.24, 2.45) is 0 Å². The Morgan fingerprint density at radius 1 is 1.03 bits per heavy atom. The Morgan fingerprint density at radius 3 is 2.42 bits per heavy atom. The molecule has 1 atom stereocenters. The summed E-state index contributed by atoms with van der Waals surface area (Å²) >= 11 is 0. The predicted molar refractivity (Wildman–Crippen MR) is 119 cm³/mol. The van der Waals surface area contributed by atoms with Gasteiger partial charge in [0.2, 0.25) is 0 Å². The molecule has 10 nitrogen and oxygen atoms in total. The number of rotatable bonds is 8. The molecule has 4 rings (SSSR count). The molecule has 0 radical (unpaired) electrons. The molecule has 0 aliphatic rings. The molecular formula is C23H17F3N4O6. The number of benzene rings is 2. The van der Waals surface area contributed by atoms with Gasteiger partial charge in [-0.15, -0.1) is 0 Å². The van der Waals surface area contributed by atoms with E-state index in [9.17, 15) is 37.5 Å². The van der Waals surface area contributed by atoms with Gasteiger partial charge in [-0.3, -0.25) is 9.59 Å². The summed E-state index contributed by atoms with van der Waals surface area (Å²) in [4.78, 5) is 53.5. The number of aliphatic carboxylic acids is 1. The Kier molecular flexibility index (Phi) is 6.63. The number of imidazole rings is 1. The summed E-state index contributed by atoms with van der Waals surface area (Å²) in [5.41, 5.74) is -0.851. The normalized spacial score (nSPS) is 11.9. The lowest BCUT2D eigenvalue weighted by atomic mass is 10.2. The molecule has 0 fully saturated rings. The van der Waals surface area contributed by atoms with Crippen molar-refractivity contribution in [3.8, 4) is 5.75 Å². The fourth-order valence-corrected chi connectivity index (χ4v) is 3.42. The van der Waals surface area contributed by atoms with Crippen molar-refractivity contribution in [1.29, 1.82) is 0 Å². The van der Waals surface area contributed by atoms with Crippen molar-refractivity contribution in [2.75, 3.05) is 6.61 Å². The Labute approximate surface area is 199 Å². The minimum absolute atomic E-state index is 0.0661. The van der Waals surface area contributed by atoms with Gasteiger partial charge in [-0.05, 0) is 42.0 Å². The van der Waals surface area contributed by atoms with Crippen LogP contribution in [0.1, 0.15) is 15.9 Å². The fourth-order valence-electron chi connectivity index (χ4n) is 3.42. The van der Waals surface area contributed by atoms with Gasteiger partial charge in [0.05, 0.1) is 17.6 Å². The highest BCUT2D eigenvalue weighted by atomic mass is 19.2. The van der Waals surface area contributed by atoms with Crippen LogP contribution in [0.5, 0.6) is 5.75 Å². The van der Waals surface area contributed by atoms with Crippen LogP contribution in [0.3, 0.4) is 0 Å². The molecule has 0 aliphatic carbocycles. The average molecular weight is 502 g/mol. The Balaban J connectivity index is 1.48. The number of aromatic amines is 2. The topological polar surface area (TPSA) is 146 Å². The quantitative estimate of drug-likeness (QED) is 0.270. The molecule has 4 aromatic rings. The van der Waals surface area contributed by atoms with Crippen LogP contribution in [-0.4, -0.2) is 44.2 Å². The van der Waals surface area contributed by atoms with Crippen molar-refractivity contribution in [3.63, 3.8) is 0 Å². The number of carboxylic acids is 1. The molecule has 2 heterocycles. The number of nitrogens with one attached hydrogen (secondary N) is 3. The van der Waals surface area contributed by atoms with Crippen LogP contribution in [0.25, 0.3) is 11.0 Å². The van der Waals surface area contributed by atoms with Crippen molar-refractivity contribution in [3.05, 3.63) is 98.1 Å². The second-order valence-corrected chi connectivity index (χ2v) is 7.69. The summed E-state index contributed by atoms with van der Waals surface area (Å²) in [6.07, 6.45) is 1.25. The monoisotopic (exact) mass is 502 g/mol. The lowest BCUT2D eigenvalue weighted by Gasteiger charge is -2.16. The van der Waals surface area contributed by atoms with Crippen LogP contribution in [0.4, 0.5) is 13.2 Å². The van der Waals surface area contributed by atoms with Gasteiger partial charge in [0.25, 0.3) is 11.5 Å². The Morgan fingerprint density at radius 2 is 1.72 bits per heavy atom. The predicted octanol–water partition coefficient (Wildman–Crippen LogP) is 1.75. The zero-order valence-corrected chi connectivity index (χ0v) is 18.2. The number of ether oxygens (including phenoxy) is 1. The standard InChI is InChI=1S/C23H17F3N4O6/c24-14-6-11(7-15(25)19(14)26)9-30-5-1-2-13(21(30)32)20(31)27-18(22(33)34)10-36-12-3-4-16-17(8-12)29-23(35)28-16/h1-8,18H,9-10H2,(H,27,31)(H,33,34)(H2,28,29,35). The van der Waals surface area contributed by atoms with Crippen LogP contribution in [0.2, 0.25) is 0 Å². The second-order valence-electron chi connectivity index (χ2n) is 7.69. The van der Waals surface area contributed by atoms with Gasteiger partial charge in [0, 0.05) is 12.3 Å². The molecule has 0 saturated heterocycles. The third-order valence-electron chi connectivity index (χ3n) is 5.17. The van der Waals surface area contributed by atoms with Gasteiger partial charge in [-0.1, -0.05) is 0 Å². The van der Waals surface area contributed by atoms with E-state index < -0.39 is 58.8 Å². The molecule has 0 bridgehead atoms. The zero-order chi connectivity index (χ0) is 26.0. The summed E-state index contributed by atoms with van der Waals surface area (Å²) in [6.45, 7) is -0.875. The van der Waals surface area contributed by atoms with E-state index >= 15 is 0 Å². The molecule has 0 aliphatic heterocycles. The lowest BCUT2D eigenvalue weighted by molar-refractivity contribution is -0.140. The number of hydrogen-bond donors (Lipinski definition) is 4. The van der Waals surface area contributed by atoms with Gasteiger partial charge in [0.15, 0.2) is 23.5 Å². The van der Waals surface area contributed by atoms with E-state index in [4.69, 9.17) is 4.74 Å². The van der Waals surface area contributed by atoms with E-state index in [0.717, 1.165) is 22.8 Å². The van der Waals surface area contributed by atoms with Gasteiger partial charge in [0.1, 0.15) is 17.9 Å². The smallest absolute Gasteiger partial charge is 0.329 e. The number of fused-ring (bicyclic) bond motifs is 1. The van der Waals surface area contributed by atoms with Gasteiger partial charge >= 0.3 is 11.7 Å². The molecular weight excluding hydrogens is 485 g/mol. The summed E-state index contributed by atoms with van der Waals surface area (Å²) in [5.74, 6) is -6.75. The number of carbonyl (C=O) groups is 2. The van der Waals surface area contributed by atoms with Crippen molar-refractivity contribution in [1.82, 2.24) is 19.9 Å². The first-order chi connectivity index (χ1) is 17.1. The van der Waals surface area contributed by atoms with Crippen molar-refractivity contribution in [2.45, 2.75) is 12.6 Å². The minimum atomic E-state index is -1.65. The molecule has 1 amide bonds. The molecule has 1 unspecified atom stereocenters. The number of pyridine rings is 1.